The van der Waals surface area contributed by atoms with Crippen LogP contribution in [0.4, 0.5) is 4.39 Å². The molecule has 0 saturated heterocycles. The summed E-state index contributed by atoms with van der Waals surface area (Å²) in [4.78, 5) is 0. The lowest BCUT2D eigenvalue weighted by Crippen LogP contribution is -2.04. The van der Waals surface area contributed by atoms with Gasteiger partial charge in [-0.1, -0.05) is 0 Å². The van der Waals surface area contributed by atoms with Gasteiger partial charge in [0.25, 0.3) is 0 Å². The maximum Gasteiger partial charge on any atom is 0.206 e. The van der Waals surface area contributed by atoms with E-state index in [1.54, 1.807) is 12.1 Å². The van der Waals surface area contributed by atoms with E-state index in [1.165, 1.54) is 14.2 Å². The second kappa shape index (κ2) is 4.81. The minimum absolute atomic E-state index is 0.188. The first kappa shape index (κ1) is 10.8. The molecule has 0 saturated carbocycles. The average Bonchev–Trinajstić information content (AvgIpc) is 2.20. The van der Waals surface area contributed by atoms with Crippen LogP contribution in [0.5, 0.6) is 11.5 Å². The van der Waals surface area contributed by atoms with Gasteiger partial charge in [-0.05, 0) is 30.7 Å². The fourth-order valence-corrected chi connectivity index (χ4v) is 1.23. The third-order valence-corrected chi connectivity index (χ3v) is 1.94. The van der Waals surface area contributed by atoms with Gasteiger partial charge in [0.15, 0.2) is 11.5 Å². The number of halogens is 1. The normalized spacial score (nSPS) is 10.0. The maximum absolute atomic E-state index is 13.4. The van der Waals surface area contributed by atoms with Gasteiger partial charge in [-0.25, -0.2) is 0 Å². The highest BCUT2D eigenvalue weighted by atomic mass is 19.1. The van der Waals surface area contributed by atoms with Crippen LogP contribution in [0.2, 0.25) is 0 Å². The van der Waals surface area contributed by atoms with Crippen molar-refractivity contribution in [2.75, 3.05) is 20.8 Å². The molecule has 0 atom stereocenters. The van der Waals surface area contributed by atoms with E-state index in [0.717, 1.165) is 5.56 Å². The smallest absolute Gasteiger partial charge is 0.206 e. The maximum atomic E-state index is 13.4. The summed E-state index contributed by atoms with van der Waals surface area (Å²) in [7, 11) is 2.84. The van der Waals surface area contributed by atoms with E-state index in [-0.39, 0.29) is 11.5 Å². The molecule has 0 aromatic heterocycles. The van der Waals surface area contributed by atoms with Crippen LogP contribution in [0.3, 0.4) is 0 Å². The molecule has 0 aliphatic carbocycles. The minimum Gasteiger partial charge on any atom is -0.494 e. The first-order valence-electron chi connectivity index (χ1n) is 4.33. The Bertz CT molecular complexity index is 290. The monoisotopic (exact) mass is 199 g/mol. The molecule has 1 aromatic carbocycles. The van der Waals surface area contributed by atoms with Crippen molar-refractivity contribution in [1.82, 2.24) is 0 Å². The quantitative estimate of drug-likeness (QED) is 0.796. The third-order valence-electron chi connectivity index (χ3n) is 1.94. The van der Waals surface area contributed by atoms with Gasteiger partial charge in [0.05, 0.1) is 14.2 Å². The SMILES string of the molecule is COc1cc(CCN)cc(OC)c1F. The summed E-state index contributed by atoms with van der Waals surface area (Å²) in [6, 6.07) is 3.26. The Morgan fingerprint density at radius 1 is 1.21 bits per heavy atom. The van der Waals surface area contributed by atoms with Crippen LogP contribution in [0, 0.1) is 5.82 Å². The fourth-order valence-electron chi connectivity index (χ4n) is 1.23. The van der Waals surface area contributed by atoms with Crippen molar-refractivity contribution in [3.63, 3.8) is 0 Å². The Morgan fingerprint density at radius 3 is 2.07 bits per heavy atom. The summed E-state index contributed by atoms with van der Waals surface area (Å²) >= 11 is 0. The Labute approximate surface area is 82.6 Å². The van der Waals surface area contributed by atoms with E-state index in [9.17, 15) is 4.39 Å². The molecule has 0 fully saturated rings. The standard InChI is InChI=1S/C10H14FNO2/c1-13-8-5-7(3-4-12)6-9(14-2)10(8)11/h5-6H,3-4,12H2,1-2H3. The molecule has 2 N–H and O–H groups in total. The molecule has 3 nitrogen and oxygen atoms in total. The van der Waals surface area contributed by atoms with Crippen molar-refractivity contribution < 1.29 is 13.9 Å². The Morgan fingerprint density at radius 2 is 1.71 bits per heavy atom. The van der Waals surface area contributed by atoms with E-state index in [1.807, 2.05) is 0 Å². The predicted molar refractivity (Wildman–Crippen MR) is 52.3 cm³/mol. The lowest BCUT2D eigenvalue weighted by Gasteiger charge is -2.09. The van der Waals surface area contributed by atoms with Gasteiger partial charge >= 0.3 is 0 Å². The molecule has 78 valence electrons. The van der Waals surface area contributed by atoms with Crippen LogP contribution in [0.1, 0.15) is 5.56 Å². The van der Waals surface area contributed by atoms with E-state index >= 15 is 0 Å². The highest BCUT2D eigenvalue weighted by Gasteiger charge is 2.11. The molecule has 0 aliphatic heterocycles. The molecule has 0 radical (unpaired) electrons. The largest absolute Gasteiger partial charge is 0.494 e. The third kappa shape index (κ3) is 2.14. The average molecular weight is 199 g/mol. The van der Waals surface area contributed by atoms with Crippen molar-refractivity contribution in [3.8, 4) is 11.5 Å². The van der Waals surface area contributed by atoms with Gasteiger partial charge in [-0.2, -0.15) is 4.39 Å². The fraction of sp³-hybridized carbons (Fsp3) is 0.400. The topological polar surface area (TPSA) is 44.5 Å². The zero-order chi connectivity index (χ0) is 10.6. The number of nitrogens with two attached hydrogens (primary N) is 1. The van der Waals surface area contributed by atoms with Crippen molar-refractivity contribution in [1.29, 1.82) is 0 Å². The molecule has 0 bridgehead atoms. The summed E-state index contributed by atoms with van der Waals surface area (Å²) in [6.07, 6.45) is 0.674. The molecular weight excluding hydrogens is 185 g/mol. The lowest BCUT2D eigenvalue weighted by atomic mass is 10.1. The lowest BCUT2D eigenvalue weighted by molar-refractivity contribution is 0.349. The summed E-state index contributed by atoms with van der Waals surface area (Å²) in [6.45, 7) is 0.512. The number of benzene rings is 1. The summed E-state index contributed by atoms with van der Waals surface area (Å²) < 4.78 is 23.2. The second-order valence-corrected chi connectivity index (χ2v) is 2.85. The highest BCUT2D eigenvalue weighted by Crippen LogP contribution is 2.28. The number of methoxy groups -OCH3 is 2. The van der Waals surface area contributed by atoms with Gasteiger partial charge in [0.1, 0.15) is 0 Å². The summed E-state index contributed by atoms with van der Waals surface area (Å²) in [5.74, 6) is -0.101. The first-order chi connectivity index (χ1) is 6.72. The van der Waals surface area contributed by atoms with Crippen molar-refractivity contribution in [2.45, 2.75) is 6.42 Å². The van der Waals surface area contributed by atoms with Gasteiger partial charge in [-0.15, -0.1) is 0 Å². The molecule has 0 amide bonds. The molecular formula is C10H14FNO2. The Hall–Kier alpha value is -1.29. The van der Waals surface area contributed by atoms with Crippen LogP contribution in [-0.2, 0) is 6.42 Å². The molecule has 0 heterocycles. The number of hydrogen-bond acceptors (Lipinski definition) is 3. The van der Waals surface area contributed by atoms with Gasteiger partial charge < -0.3 is 15.2 Å². The van der Waals surface area contributed by atoms with Gasteiger partial charge in [0, 0.05) is 0 Å². The number of rotatable bonds is 4. The molecule has 0 spiro atoms. The zero-order valence-electron chi connectivity index (χ0n) is 8.34. The molecule has 0 unspecified atom stereocenters. The molecule has 1 rings (SSSR count). The van der Waals surface area contributed by atoms with Crippen molar-refractivity contribution in [3.05, 3.63) is 23.5 Å². The second-order valence-electron chi connectivity index (χ2n) is 2.85. The summed E-state index contributed by atoms with van der Waals surface area (Å²) in [5.41, 5.74) is 6.31. The van der Waals surface area contributed by atoms with Crippen molar-refractivity contribution >= 4 is 0 Å². The first-order valence-corrected chi connectivity index (χ1v) is 4.33. The van der Waals surface area contributed by atoms with E-state index in [2.05, 4.69) is 0 Å². The van der Waals surface area contributed by atoms with E-state index < -0.39 is 5.82 Å². The van der Waals surface area contributed by atoms with Crippen LogP contribution < -0.4 is 15.2 Å². The highest BCUT2D eigenvalue weighted by molar-refractivity contribution is 5.40. The minimum atomic E-state index is -0.476. The summed E-state index contributed by atoms with van der Waals surface area (Å²) in [5, 5.41) is 0. The van der Waals surface area contributed by atoms with Gasteiger partial charge in [-0.3, -0.25) is 0 Å². The molecule has 14 heavy (non-hydrogen) atoms. The van der Waals surface area contributed by atoms with E-state index in [0.29, 0.717) is 13.0 Å². The van der Waals surface area contributed by atoms with Gasteiger partial charge in [0.2, 0.25) is 5.82 Å². The Kier molecular flexibility index (Phi) is 3.71. The molecule has 4 heteroatoms. The van der Waals surface area contributed by atoms with Crippen LogP contribution >= 0.6 is 0 Å². The van der Waals surface area contributed by atoms with Crippen molar-refractivity contribution in [2.24, 2.45) is 5.73 Å². The number of ether oxygens (including phenoxy) is 2. The van der Waals surface area contributed by atoms with Crippen LogP contribution in [0.15, 0.2) is 12.1 Å². The van der Waals surface area contributed by atoms with Crippen LogP contribution in [-0.4, -0.2) is 20.8 Å². The predicted octanol–water partition coefficient (Wildman–Crippen LogP) is 1.34. The zero-order valence-corrected chi connectivity index (χ0v) is 8.34. The number of hydrogen-bond donors (Lipinski definition) is 1. The van der Waals surface area contributed by atoms with E-state index in [4.69, 9.17) is 15.2 Å². The molecule has 1 aromatic rings. The Balaban J connectivity index is 3.11. The van der Waals surface area contributed by atoms with Crippen LogP contribution in [0.25, 0.3) is 0 Å². The molecule has 0 aliphatic rings.